The van der Waals surface area contributed by atoms with Crippen LogP contribution in [0.5, 0.6) is 0 Å². The van der Waals surface area contributed by atoms with Crippen molar-refractivity contribution in [3.05, 3.63) is 69.2 Å². The number of hydrogen-bond donors (Lipinski definition) is 1. The van der Waals surface area contributed by atoms with E-state index in [0.717, 1.165) is 11.1 Å². The molecule has 1 amide bonds. The lowest BCUT2D eigenvalue weighted by atomic mass is 10.0. The summed E-state index contributed by atoms with van der Waals surface area (Å²) in [7, 11) is 1.32. The molecule has 25 heavy (non-hydrogen) atoms. The lowest BCUT2D eigenvalue weighted by molar-refractivity contribution is -0.141. The zero-order valence-electron chi connectivity index (χ0n) is 14.0. The first kappa shape index (κ1) is 19.3. The first-order valence-electron chi connectivity index (χ1n) is 7.75. The number of methoxy groups -OCH3 is 1. The Kier molecular flexibility index (Phi) is 6.85. The quantitative estimate of drug-likeness (QED) is 0.762. The van der Waals surface area contributed by atoms with E-state index in [9.17, 15) is 9.59 Å². The summed E-state index contributed by atoms with van der Waals surface area (Å²) < 4.78 is 4.73. The fraction of sp³-hybridized carbons (Fsp3) is 0.263. The summed E-state index contributed by atoms with van der Waals surface area (Å²) in [6, 6.07) is 12.2. The van der Waals surface area contributed by atoms with Crippen molar-refractivity contribution in [2.24, 2.45) is 0 Å². The van der Waals surface area contributed by atoms with Crippen LogP contribution in [0.2, 0.25) is 10.0 Å². The van der Waals surface area contributed by atoms with Crippen LogP contribution in [0.15, 0.2) is 42.5 Å². The Hall–Kier alpha value is -2.04. The van der Waals surface area contributed by atoms with E-state index < -0.39 is 12.0 Å². The van der Waals surface area contributed by atoms with Gasteiger partial charge in [-0.15, -0.1) is 0 Å². The maximum atomic E-state index is 12.4. The van der Waals surface area contributed by atoms with Gasteiger partial charge < -0.3 is 10.1 Å². The number of amides is 1. The minimum absolute atomic E-state index is 0.0552. The van der Waals surface area contributed by atoms with E-state index in [-0.39, 0.29) is 18.7 Å². The van der Waals surface area contributed by atoms with Gasteiger partial charge >= 0.3 is 5.97 Å². The molecule has 132 valence electrons. The summed E-state index contributed by atoms with van der Waals surface area (Å²) in [5.74, 6) is -0.630. The molecular formula is C19H19Cl2NO3. The minimum atomic E-state index is -0.466. The molecule has 1 N–H and O–H groups in total. The van der Waals surface area contributed by atoms with Crippen molar-refractivity contribution >= 4 is 35.1 Å². The molecule has 2 aromatic carbocycles. The van der Waals surface area contributed by atoms with Gasteiger partial charge in [-0.3, -0.25) is 9.59 Å². The van der Waals surface area contributed by atoms with Crippen molar-refractivity contribution in [2.45, 2.75) is 25.8 Å². The molecule has 0 heterocycles. The molecule has 2 rings (SSSR count). The zero-order chi connectivity index (χ0) is 18.4. The zero-order valence-corrected chi connectivity index (χ0v) is 15.5. The van der Waals surface area contributed by atoms with Gasteiger partial charge in [0.2, 0.25) is 5.91 Å². The van der Waals surface area contributed by atoms with Crippen LogP contribution in [0.25, 0.3) is 0 Å². The van der Waals surface area contributed by atoms with Crippen molar-refractivity contribution in [1.29, 1.82) is 0 Å². The fourth-order valence-corrected chi connectivity index (χ4v) is 2.86. The fourth-order valence-electron chi connectivity index (χ4n) is 2.38. The van der Waals surface area contributed by atoms with Crippen molar-refractivity contribution in [2.75, 3.05) is 7.11 Å². The standard InChI is InChI=1S/C19H19Cl2NO3/c1-12-3-5-13(6-4-12)17(11-19(24)25-2)22-18(23)9-14-7-8-15(20)10-16(14)21/h3-8,10,17H,9,11H2,1-2H3,(H,22,23). The number of aryl methyl sites for hydroxylation is 1. The minimum Gasteiger partial charge on any atom is -0.469 e. The smallest absolute Gasteiger partial charge is 0.307 e. The van der Waals surface area contributed by atoms with Crippen LogP contribution in [-0.2, 0) is 20.7 Å². The van der Waals surface area contributed by atoms with E-state index in [1.807, 2.05) is 31.2 Å². The summed E-state index contributed by atoms with van der Waals surface area (Å²) in [4.78, 5) is 24.1. The predicted octanol–water partition coefficient (Wildman–Crippen LogP) is 4.26. The molecule has 0 aromatic heterocycles. The van der Waals surface area contributed by atoms with Crippen LogP contribution in [0.1, 0.15) is 29.2 Å². The van der Waals surface area contributed by atoms with Gasteiger partial charge in [-0.1, -0.05) is 59.1 Å². The van der Waals surface area contributed by atoms with Crippen molar-refractivity contribution in [3.63, 3.8) is 0 Å². The number of esters is 1. The highest BCUT2D eigenvalue weighted by Crippen LogP contribution is 2.22. The third kappa shape index (κ3) is 5.76. The Bertz CT molecular complexity index is 760. The Morgan fingerprint density at radius 3 is 2.40 bits per heavy atom. The SMILES string of the molecule is COC(=O)CC(NC(=O)Cc1ccc(Cl)cc1Cl)c1ccc(C)cc1. The van der Waals surface area contributed by atoms with Crippen LogP contribution >= 0.6 is 23.2 Å². The van der Waals surface area contributed by atoms with E-state index >= 15 is 0 Å². The average molecular weight is 380 g/mol. The molecule has 0 aliphatic carbocycles. The van der Waals surface area contributed by atoms with Gasteiger partial charge in [-0.05, 0) is 30.2 Å². The highest BCUT2D eigenvalue weighted by Gasteiger charge is 2.19. The molecule has 1 unspecified atom stereocenters. The maximum absolute atomic E-state index is 12.4. The number of nitrogens with one attached hydrogen (secondary N) is 1. The number of carbonyl (C=O) groups excluding carboxylic acids is 2. The number of hydrogen-bond acceptors (Lipinski definition) is 3. The van der Waals surface area contributed by atoms with E-state index in [4.69, 9.17) is 27.9 Å². The van der Waals surface area contributed by atoms with Crippen LogP contribution in [-0.4, -0.2) is 19.0 Å². The van der Waals surface area contributed by atoms with E-state index in [1.165, 1.54) is 7.11 Å². The molecule has 0 saturated carbocycles. The molecule has 6 heteroatoms. The third-order valence-corrected chi connectivity index (χ3v) is 4.37. The number of rotatable bonds is 6. The Morgan fingerprint density at radius 1 is 1.12 bits per heavy atom. The number of halogens is 2. The number of benzene rings is 2. The normalized spacial score (nSPS) is 11.7. The Labute approximate surface area is 157 Å². The largest absolute Gasteiger partial charge is 0.469 e. The number of carbonyl (C=O) groups is 2. The van der Waals surface area contributed by atoms with Crippen LogP contribution < -0.4 is 5.32 Å². The average Bonchev–Trinajstić information content (AvgIpc) is 2.57. The predicted molar refractivity (Wildman–Crippen MR) is 98.9 cm³/mol. The van der Waals surface area contributed by atoms with Crippen LogP contribution in [0, 0.1) is 6.92 Å². The molecule has 0 radical (unpaired) electrons. The Balaban J connectivity index is 2.13. The van der Waals surface area contributed by atoms with Gasteiger partial charge in [-0.2, -0.15) is 0 Å². The topological polar surface area (TPSA) is 55.4 Å². The molecule has 0 saturated heterocycles. The molecule has 0 spiro atoms. The molecule has 1 atom stereocenters. The summed E-state index contributed by atoms with van der Waals surface area (Å²) in [5, 5.41) is 3.82. The molecule has 0 aliphatic heterocycles. The van der Waals surface area contributed by atoms with Gasteiger partial charge in [0.25, 0.3) is 0 Å². The second kappa shape index (κ2) is 8.88. The summed E-state index contributed by atoms with van der Waals surface area (Å²) in [6.07, 6.45) is 0.152. The molecule has 4 nitrogen and oxygen atoms in total. The summed E-state index contributed by atoms with van der Waals surface area (Å²) in [6.45, 7) is 1.97. The lowest BCUT2D eigenvalue weighted by Crippen LogP contribution is -2.31. The molecule has 0 fully saturated rings. The first-order chi connectivity index (χ1) is 11.9. The number of ether oxygens (including phenoxy) is 1. The Morgan fingerprint density at radius 2 is 1.80 bits per heavy atom. The van der Waals surface area contributed by atoms with Gasteiger partial charge in [0.05, 0.1) is 26.0 Å². The summed E-state index contributed by atoms with van der Waals surface area (Å²) >= 11 is 12.0. The van der Waals surface area contributed by atoms with Crippen LogP contribution in [0.3, 0.4) is 0 Å². The maximum Gasteiger partial charge on any atom is 0.307 e. The second-order valence-corrected chi connectivity index (χ2v) is 6.57. The highest BCUT2D eigenvalue weighted by molar-refractivity contribution is 6.35. The van der Waals surface area contributed by atoms with Crippen molar-refractivity contribution in [3.8, 4) is 0 Å². The third-order valence-electron chi connectivity index (χ3n) is 3.78. The van der Waals surface area contributed by atoms with E-state index in [1.54, 1.807) is 18.2 Å². The monoisotopic (exact) mass is 379 g/mol. The van der Waals surface area contributed by atoms with Gasteiger partial charge in [0.1, 0.15) is 0 Å². The lowest BCUT2D eigenvalue weighted by Gasteiger charge is -2.19. The van der Waals surface area contributed by atoms with Gasteiger partial charge in [0.15, 0.2) is 0 Å². The van der Waals surface area contributed by atoms with Crippen molar-refractivity contribution in [1.82, 2.24) is 5.32 Å². The van der Waals surface area contributed by atoms with Gasteiger partial charge in [0, 0.05) is 10.0 Å². The van der Waals surface area contributed by atoms with Crippen molar-refractivity contribution < 1.29 is 14.3 Å². The first-order valence-corrected chi connectivity index (χ1v) is 8.51. The molecule has 2 aromatic rings. The van der Waals surface area contributed by atoms with Crippen LogP contribution in [0.4, 0.5) is 0 Å². The van der Waals surface area contributed by atoms with Gasteiger partial charge in [-0.25, -0.2) is 0 Å². The van der Waals surface area contributed by atoms with E-state index in [2.05, 4.69) is 5.32 Å². The molecular weight excluding hydrogens is 361 g/mol. The second-order valence-electron chi connectivity index (χ2n) is 5.72. The molecule has 0 aliphatic rings. The summed E-state index contributed by atoms with van der Waals surface area (Å²) in [5.41, 5.74) is 2.61. The van der Waals surface area contributed by atoms with E-state index in [0.29, 0.717) is 15.6 Å². The highest BCUT2D eigenvalue weighted by atomic mass is 35.5. The molecule has 0 bridgehead atoms.